The zero-order valence-corrected chi connectivity index (χ0v) is 17.2. The molecule has 0 aromatic carbocycles. The molecule has 1 aliphatic carbocycles. The van der Waals surface area contributed by atoms with Gasteiger partial charge in [-0.1, -0.05) is 38.7 Å². The molecule has 7 heteroatoms. The minimum atomic E-state index is -3.33. The van der Waals surface area contributed by atoms with E-state index in [4.69, 9.17) is 5.11 Å². The molecule has 0 aliphatic heterocycles. The van der Waals surface area contributed by atoms with E-state index in [2.05, 4.69) is 0 Å². The zero-order valence-electron chi connectivity index (χ0n) is 17.2. The first kappa shape index (κ1) is 25.4. The Hall–Kier alpha value is -1.63. The summed E-state index contributed by atoms with van der Waals surface area (Å²) in [7, 11) is 0. The third kappa shape index (κ3) is 9.15. The molecule has 1 rings (SSSR count). The average Bonchev–Trinajstić information content (AvgIpc) is 2.92. The molecule has 0 aromatic rings. The van der Waals surface area contributed by atoms with Crippen LogP contribution in [0.3, 0.4) is 0 Å². The van der Waals surface area contributed by atoms with Gasteiger partial charge >= 0.3 is 11.9 Å². The topological polar surface area (TPSA) is 91.7 Å². The van der Waals surface area contributed by atoms with Crippen LogP contribution in [0.1, 0.15) is 84.0 Å². The fourth-order valence-corrected chi connectivity index (χ4v) is 3.97. The quantitative estimate of drug-likeness (QED) is 0.298. The summed E-state index contributed by atoms with van der Waals surface area (Å²) in [4.78, 5) is 34.4. The Kier molecular flexibility index (Phi) is 11.2. The molecule has 0 aromatic heterocycles. The highest BCUT2D eigenvalue weighted by Crippen LogP contribution is 2.37. The maximum atomic E-state index is 13.9. The van der Waals surface area contributed by atoms with Crippen molar-refractivity contribution < 1.29 is 33.4 Å². The molecule has 166 valence electrons. The fraction of sp³-hybridized carbons (Fsp3) is 0.773. The normalized spacial score (nSPS) is 22.5. The van der Waals surface area contributed by atoms with E-state index < -0.39 is 36.1 Å². The van der Waals surface area contributed by atoms with Crippen LogP contribution in [0, 0.1) is 11.8 Å². The van der Waals surface area contributed by atoms with E-state index in [0.717, 1.165) is 31.8 Å². The highest BCUT2D eigenvalue weighted by Gasteiger charge is 2.43. The van der Waals surface area contributed by atoms with E-state index in [9.17, 15) is 28.3 Å². The molecule has 5 nitrogen and oxygen atoms in total. The summed E-state index contributed by atoms with van der Waals surface area (Å²) in [5.41, 5.74) is 0. The first-order valence-corrected chi connectivity index (χ1v) is 10.7. The third-order valence-corrected chi connectivity index (χ3v) is 5.69. The summed E-state index contributed by atoms with van der Waals surface area (Å²) in [6, 6.07) is 0. The number of carboxylic acid groups (broad SMARTS) is 1. The van der Waals surface area contributed by atoms with E-state index in [1.807, 2.05) is 0 Å². The van der Waals surface area contributed by atoms with E-state index in [0.29, 0.717) is 19.3 Å². The monoisotopic (exact) mass is 416 g/mol. The second kappa shape index (κ2) is 12.8. The van der Waals surface area contributed by atoms with Crippen molar-refractivity contribution in [1.82, 2.24) is 0 Å². The number of unbranched alkanes of at least 4 members (excludes halogenated alkanes) is 5. The van der Waals surface area contributed by atoms with Gasteiger partial charge in [-0.05, 0) is 38.0 Å². The number of alkyl halides is 2. The van der Waals surface area contributed by atoms with Gasteiger partial charge in [0.25, 0.3) is 0 Å². The molecule has 29 heavy (non-hydrogen) atoms. The van der Waals surface area contributed by atoms with Crippen LogP contribution in [0.25, 0.3) is 0 Å². The first-order chi connectivity index (χ1) is 13.7. The predicted molar refractivity (Wildman–Crippen MR) is 106 cm³/mol. The molecule has 0 spiro atoms. The number of Topliss-reactive ketones (excluding diaryl/α,β-unsaturated/α-hetero) is 2. The maximum absolute atomic E-state index is 13.9. The summed E-state index contributed by atoms with van der Waals surface area (Å²) in [6.45, 7) is 1.79. The highest BCUT2D eigenvalue weighted by atomic mass is 19.3. The SMILES string of the molecule is CCCCC(F)(F)C(=O)CCC1C(O)CC(=O)C1CCCCCC/C=C/C(=O)O. The lowest BCUT2D eigenvalue weighted by atomic mass is 9.85. The largest absolute Gasteiger partial charge is 0.478 e. The lowest BCUT2D eigenvalue weighted by molar-refractivity contribution is -0.144. The molecule has 0 heterocycles. The Labute approximate surface area is 171 Å². The molecule has 1 fully saturated rings. The van der Waals surface area contributed by atoms with Gasteiger partial charge in [0.15, 0.2) is 0 Å². The van der Waals surface area contributed by atoms with Crippen LogP contribution in [-0.4, -0.2) is 39.8 Å². The second-order valence-corrected chi connectivity index (χ2v) is 8.01. The van der Waals surface area contributed by atoms with Gasteiger partial charge in [-0.3, -0.25) is 9.59 Å². The lowest BCUT2D eigenvalue weighted by Gasteiger charge is -2.22. The van der Waals surface area contributed by atoms with Gasteiger partial charge < -0.3 is 10.2 Å². The van der Waals surface area contributed by atoms with E-state index in [1.54, 1.807) is 13.0 Å². The van der Waals surface area contributed by atoms with Crippen molar-refractivity contribution in [2.75, 3.05) is 0 Å². The smallest absolute Gasteiger partial charge is 0.327 e. The number of aliphatic hydroxyl groups is 1. The molecule has 0 saturated heterocycles. The van der Waals surface area contributed by atoms with Gasteiger partial charge in [0, 0.05) is 31.3 Å². The number of rotatable bonds is 15. The van der Waals surface area contributed by atoms with Gasteiger partial charge in [0.2, 0.25) is 5.78 Å². The van der Waals surface area contributed by atoms with Crippen LogP contribution < -0.4 is 0 Å². The van der Waals surface area contributed by atoms with Crippen molar-refractivity contribution in [1.29, 1.82) is 0 Å². The van der Waals surface area contributed by atoms with Crippen LogP contribution in [0.4, 0.5) is 8.78 Å². The van der Waals surface area contributed by atoms with E-state index in [1.165, 1.54) is 0 Å². The third-order valence-electron chi connectivity index (χ3n) is 5.69. The molecule has 3 unspecified atom stereocenters. The molecule has 3 atom stereocenters. The first-order valence-electron chi connectivity index (χ1n) is 10.7. The van der Waals surface area contributed by atoms with Gasteiger partial charge in [0.05, 0.1) is 6.10 Å². The summed E-state index contributed by atoms with van der Waals surface area (Å²) < 4.78 is 27.7. The number of aliphatic carboxylic acids is 1. The van der Waals surface area contributed by atoms with Crippen molar-refractivity contribution in [3.8, 4) is 0 Å². The van der Waals surface area contributed by atoms with Crippen molar-refractivity contribution in [2.24, 2.45) is 11.8 Å². The Morgan fingerprint density at radius 3 is 2.48 bits per heavy atom. The second-order valence-electron chi connectivity index (χ2n) is 8.01. The summed E-state index contributed by atoms with van der Waals surface area (Å²) >= 11 is 0. The lowest BCUT2D eigenvalue weighted by Crippen LogP contribution is -2.30. The number of ketones is 2. The molecule has 2 N–H and O–H groups in total. The number of carbonyl (C=O) groups excluding carboxylic acids is 2. The standard InChI is InChI=1S/C22H34F2O5/c1-2-3-14-22(23,24)20(27)13-12-17-16(18(25)15-19(17)26)10-8-6-4-5-7-9-11-21(28)29/h9,11,16-17,19,26H,2-8,10,12-15H2,1H3,(H,28,29)/b11-9+. The number of carbonyl (C=O) groups is 3. The molecule has 1 saturated carbocycles. The number of allylic oxidation sites excluding steroid dienone is 1. The number of aliphatic hydroxyl groups excluding tert-OH is 1. The number of hydrogen-bond acceptors (Lipinski definition) is 4. The van der Waals surface area contributed by atoms with Gasteiger partial charge in [-0.2, -0.15) is 8.78 Å². The van der Waals surface area contributed by atoms with Gasteiger partial charge in [-0.15, -0.1) is 0 Å². The molecule has 1 aliphatic rings. The van der Waals surface area contributed by atoms with Crippen molar-refractivity contribution in [3.05, 3.63) is 12.2 Å². The molecular formula is C22H34F2O5. The number of hydrogen-bond donors (Lipinski definition) is 2. The maximum Gasteiger partial charge on any atom is 0.327 e. The van der Waals surface area contributed by atoms with Gasteiger partial charge in [0.1, 0.15) is 5.78 Å². The predicted octanol–water partition coefficient (Wildman–Crippen LogP) is 4.71. The van der Waals surface area contributed by atoms with Crippen LogP contribution in [0.2, 0.25) is 0 Å². The van der Waals surface area contributed by atoms with Crippen LogP contribution >= 0.6 is 0 Å². The summed E-state index contributed by atoms with van der Waals surface area (Å²) in [5, 5.41) is 18.7. The van der Waals surface area contributed by atoms with E-state index >= 15 is 0 Å². The van der Waals surface area contributed by atoms with Crippen molar-refractivity contribution in [3.63, 3.8) is 0 Å². The van der Waals surface area contributed by atoms with Crippen molar-refractivity contribution in [2.45, 2.75) is 96.0 Å². The van der Waals surface area contributed by atoms with E-state index in [-0.39, 0.29) is 37.4 Å². The fourth-order valence-electron chi connectivity index (χ4n) is 3.97. The van der Waals surface area contributed by atoms with Gasteiger partial charge in [-0.25, -0.2) is 4.79 Å². The number of carboxylic acids is 1. The summed E-state index contributed by atoms with van der Waals surface area (Å²) in [5.74, 6) is -6.21. The molecule has 0 radical (unpaired) electrons. The van der Waals surface area contributed by atoms with Crippen LogP contribution in [0.15, 0.2) is 12.2 Å². The highest BCUT2D eigenvalue weighted by molar-refractivity contribution is 5.86. The molecular weight excluding hydrogens is 382 g/mol. The minimum absolute atomic E-state index is 0.0374. The Morgan fingerprint density at radius 1 is 1.14 bits per heavy atom. The Morgan fingerprint density at radius 2 is 1.83 bits per heavy atom. The molecule has 0 bridgehead atoms. The average molecular weight is 417 g/mol. The minimum Gasteiger partial charge on any atom is -0.478 e. The van der Waals surface area contributed by atoms with Crippen LogP contribution in [-0.2, 0) is 14.4 Å². The molecule has 0 amide bonds. The zero-order chi connectivity index (χ0) is 21.9. The Bertz CT molecular complexity index is 574. The summed E-state index contributed by atoms with van der Waals surface area (Å²) in [6.07, 6.45) is 6.86. The Balaban J connectivity index is 2.40. The van der Waals surface area contributed by atoms with Crippen molar-refractivity contribution >= 4 is 17.5 Å². The number of halogens is 2. The van der Waals surface area contributed by atoms with Crippen LogP contribution in [0.5, 0.6) is 0 Å².